The van der Waals surface area contributed by atoms with Gasteiger partial charge in [-0.05, 0) is 36.4 Å². The Hall–Kier alpha value is -2.67. The Morgan fingerprint density at radius 2 is 1.96 bits per heavy atom. The zero-order valence-corrected chi connectivity index (χ0v) is 13.8. The number of rotatable bonds is 5. The van der Waals surface area contributed by atoms with E-state index in [4.69, 9.17) is 4.74 Å². The lowest BCUT2D eigenvalue weighted by Gasteiger charge is -2.37. The summed E-state index contributed by atoms with van der Waals surface area (Å²) in [5.41, 5.74) is 0.574. The summed E-state index contributed by atoms with van der Waals surface area (Å²) in [4.78, 5) is 7.36. The van der Waals surface area contributed by atoms with Crippen molar-refractivity contribution in [3.63, 3.8) is 0 Å². The molecule has 1 aliphatic rings. The predicted molar refractivity (Wildman–Crippen MR) is 90.1 cm³/mol. The van der Waals surface area contributed by atoms with Crippen molar-refractivity contribution in [3.05, 3.63) is 66.0 Å². The van der Waals surface area contributed by atoms with Gasteiger partial charge in [-0.2, -0.15) is 4.39 Å². The van der Waals surface area contributed by atoms with Crippen molar-refractivity contribution in [1.29, 1.82) is 0 Å². The summed E-state index contributed by atoms with van der Waals surface area (Å²) in [5, 5.41) is 4.98. The van der Waals surface area contributed by atoms with Crippen LogP contribution in [0, 0.1) is 17.6 Å². The van der Waals surface area contributed by atoms with E-state index >= 15 is 0 Å². The summed E-state index contributed by atoms with van der Waals surface area (Å²) >= 11 is 0. The fraction of sp³-hybridized carbons (Fsp3) is 0.263. The monoisotopic (exact) mass is 359 g/mol. The van der Waals surface area contributed by atoms with Crippen LogP contribution in [0.4, 0.5) is 13.2 Å². The maximum Gasteiger partial charge on any atom is 0.249 e. The second-order valence-corrected chi connectivity index (χ2v) is 6.29. The first-order chi connectivity index (χ1) is 12.6. The van der Waals surface area contributed by atoms with Crippen LogP contribution in [0.5, 0.6) is 5.75 Å². The lowest BCUT2D eigenvalue weighted by atomic mass is 9.88. The van der Waals surface area contributed by atoms with E-state index < -0.39 is 11.8 Å². The van der Waals surface area contributed by atoms with Crippen LogP contribution >= 0.6 is 0 Å². The second kappa shape index (κ2) is 6.92. The van der Waals surface area contributed by atoms with Gasteiger partial charge in [0.25, 0.3) is 0 Å². The second-order valence-electron chi connectivity index (χ2n) is 6.29. The zero-order valence-electron chi connectivity index (χ0n) is 13.8. The molecule has 0 unspecified atom stereocenters. The molecule has 0 amide bonds. The first-order valence-corrected chi connectivity index (χ1v) is 8.34. The highest BCUT2D eigenvalue weighted by Crippen LogP contribution is 2.28. The lowest BCUT2D eigenvalue weighted by Crippen LogP contribution is -2.50. The fourth-order valence-electron chi connectivity index (χ4n) is 3.11. The van der Waals surface area contributed by atoms with Crippen molar-refractivity contribution < 1.29 is 17.9 Å². The summed E-state index contributed by atoms with van der Waals surface area (Å²) in [6.45, 7) is 0.341. The van der Waals surface area contributed by atoms with E-state index in [2.05, 4.69) is 15.3 Å². The Kier molecular flexibility index (Phi) is 4.46. The highest BCUT2D eigenvalue weighted by molar-refractivity contribution is 5.84. The molecule has 0 radical (unpaired) electrons. The summed E-state index contributed by atoms with van der Waals surface area (Å²) < 4.78 is 46.0. The lowest BCUT2D eigenvalue weighted by molar-refractivity contribution is 0.0708. The number of nitrogens with one attached hydrogen (secondary N) is 1. The molecule has 1 N–H and O–H groups in total. The first kappa shape index (κ1) is 16.8. The third kappa shape index (κ3) is 3.22. The van der Waals surface area contributed by atoms with Gasteiger partial charge in [0.2, 0.25) is 5.95 Å². The Bertz CT molecular complexity index is 950. The standard InChI is InChI=1S/C19H16F3N3O/c20-15-2-1-11-8-23-6-5-13(11)14(15)10-24-17-3-4-18(17)26-12-7-16(21)19(22)25-9-12/h1-2,5-9,17-18,24H,3-4,10H2/t17-,18-/m1/s1. The Morgan fingerprint density at radius 1 is 1.08 bits per heavy atom. The summed E-state index contributed by atoms with van der Waals surface area (Å²) in [6.07, 6.45) is 5.93. The number of aromatic nitrogens is 2. The van der Waals surface area contributed by atoms with Crippen molar-refractivity contribution in [2.75, 3.05) is 0 Å². The fourth-order valence-corrected chi connectivity index (χ4v) is 3.11. The molecule has 4 nitrogen and oxygen atoms in total. The predicted octanol–water partition coefficient (Wildman–Crippen LogP) is 3.75. The van der Waals surface area contributed by atoms with Gasteiger partial charge in [-0.15, -0.1) is 0 Å². The van der Waals surface area contributed by atoms with Gasteiger partial charge in [-0.3, -0.25) is 4.98 Å². The van der Waals surface area contributed by atoms with Gasteiger partial charge >= 0.3 is 0 Å². The number of benzene rings is 1. The van der Waals surface area contributed by atoms with Crippen LogP contribution in [0.2, 0.25) is 0 Å². The molecule has 2 atom stereocenters. The number of fused-ring (bicyclic) bond motifs is 1. The molecule has 1 fully saturated rings. The molecule has 26 heavy (non-hydrogen) atoms. The molecule has 2 aromatic heterocycles. The molecule has 1 saturated carbocycles. The third-order valence-corrected chi connectivity index (χ3v) is 4.69. The Morgan fingerprint density at radius 3 is 2.73 bits per heavy atom. The van der Waals surface area contributed by atoms with Gasteiger partial charge in [-0.25, -0.2) is 13.8 Å². The van der Waals surface area contributed by atoms with Gasteiger partial charge in [-0.1, -0.05) is 0 Å². The Balaban J connectivity index is 1.44. The topological polar surface area (TPSA) is 47.0 Å². The van der Waals surface area contributed by atoms with Crippen LogP contribution in [0.3, 0.4) is 0 Å². The van der Waals surface area contributed by atoms with E-state index in [1.807, 2.05) is 0 Å². The van der Waals surface area contributed by atoms with E-state index in [-0.39, 0.29) is 23.7 Å². The van der Waals surface area contributed by atoms with Gasteiger partial charge in [0, 0.05) is 42.0 Å². The number of halogens is 3. The SMILES string of the molecule is Fc1cc(O[C@@H]2CC[C@H]2NCc2c(F)ccc3cnccc23)cnc1F. The summed E-state index contributed by atoms with van der Waals surface area (Å²) in [7, 11) is 0. The van der Waals surface area contributed by atoms with Crippen LogP contribution in [-0.2, 0) is 6.54 Å². The molecule has 0 aliphatic heterocycles. The van der Waals surface area contributed by atoms with Crippen molar-refractivity contribution in [3.8, 4) is 5.75 Å². The Labute approximate surface area is 148 Å². The van der Waals surface area contributed by atoms with E-state index in [9.17, 15) is 13.2 Å². The molecule has 1 aliphatic carbocycles. The molecule has 3 aromatic rings. The molecular formula is C19H16F3N3O. The minimum Gasteiger partial charge on any atom is -0.487 e. The zero-order chi connectivity index (χ0) is 18.1. The molecule has 1 aromatic carbocycles. The van der Waals surface area contributed by atoms with Crippen molar-refractivity contribution >= 4 is 10.8 Å². The number of nitrogens with zero attached hydrogens (tertiary/aromatic N) is 2. The van der Waals surface area contributed by atoms with Crippen LogP contribution in [-0.4, -0.2) is 22.1 Å². The van der Waals surface area contributed by atoms with Crippen LogP contribution in [0.25, 0.3) is 10.8 Å². The molecule has 0 spiro atoms. The smallest absolute Gasteiger partial charge is 0.249 e. The quantitative estimate of drug-likeness (QED) is 0.705. The molecule has 0 saturated heterocycles. The summed E-state index contributed by atoms with van der Waals surface area (Å²) in [6, 6.07) is 5.90. The first-order valence-electron chi connectivity index (χ1n) is 8.34. The number of hydrogen-bond donors (Lipinski definition) is 1. The minimum absolute atomic E-state index is 0.000363. The van der Waals surface area contributed by atoms with E-state index in [0.29, 0.717) is 12.1 Å². The number of pyridine rings is 2. The molecule has 2 heterocycles. The molecule has 134 valence electrons. The van der Waals surface area contributed by atoms with Crippen LogP contribution in [0.1, 0.15) is 18.4 Å². The maximum atomic E-state index is 14.2. The van der Waals surface area contributed by atoms with Gasteiger partial charge in [0.15, 0.2) is 5.82 Å². The maximum absolute atomic E-state index is 14.2. The largest absolute Gasteiger partial charge is 0.487 e. The van der Waals surface area contributed by atoms with Crippen molar-refractivity contribution in [2.45, 2.75) is 31.5 Å². The molecule has 7 heteroatoms. The normalized spacial score (nSPS) is 19.3. The van der Waals surface area contributed by atoms with Gasteiger partial charge in [0.05, 0.1) is 6.20 Å². The average Bonchev–Trinajstić information content (AvgIpc) is 2.63. The third-order valence-electron chi connectivity index (χ3n) is 4.69. The van der Waals surface area contributed by atoms with Crippen molar-refractivity contribution in [2.24, 2.45) is 0 Å². The summed E-state index contributed by atoms with van der Waals surface area (Å²) in [5.74, 6) is -2.29. The van der Waals surface area contributed by atoms with Crippen LogP contribution in [0.15, 0.2) is 42.9 Å². The van der Waals surface area contributed by atoms with E-state index in [1.54, 1.807) is 24.5 Å². The van der Waals surface area contributed by atoms with E-state index in [1.165, 1.54) is 6.07 Å². The van der Waals surface area contributed by atoms with Gasteiger partial charge in [0.1, 0.15) is 17.7 Å². The molecule has 4 rings (SSSR count). The average molecular weight is 359 g/mol. The number of hydrogen-bond acceptors (Lipinski definition) is 4. The molecule has 0 bridgehead atoms. The number of ether oxygens (including phenoxy) is 1. The van der Waals surface area contributed by atoms with E-state index in [0.717, 1.165) is 35.9 Å². The minimum atomic E-state index is -1.15. The highest BCUT2D eigenvalue weighted by Gasteiger charge is 2.33. The molecular weight excluding hydrogens is 343 g/mol. The van der Waals surface area contributed by atoms with Gasteiger partial charge < -0.3 is 10.1 Å². The highest BCUT2D eigenvalue weighted by atomic mass is 19.2. The van der Waals surface area contributed by atoms with Crippen molar-refractivity contribution in [1.82, 2.24) is 15.3 Å². The van der Waals surface area contributed by atoms with Crippen LogP contribution < -0.4 is 10.1 Å².